The van der Waals surface area contributed by atoms with E-state index in [-0.39, 0.29) is 18.0 Å². The zero-order valence-corrected chi connectivity index (χ0v) is 17.5. The van der Waals surface area contributed by atoms with Gasteiger partial charge in [0.1, 0.15) is 0 Å². The number of aryl methyl sites for hydroxylation is 1. The van der Waals surface area contributed by atoms with Crippen LogP contribution in [0.5, 0.6) is 0 Å². The van der Waals surface area contributed by atoms with E-state index in [4.69, 9.17) is 0 Å². The van der Waals surface area contributed by atoms with Gasteiger partial charge in [0.2, 0.25) is 0 Å². The van der Waals surface area contributed by atoms with Gasteiger partial charge in [0, 0.05) is 55.7 Å². The monoisotopic (exact) mass is 418 g/mol. The second kappa shape index (κ2) is 9.53. The first-order valence-corrected chi connectivity index (χ1v) is 10.4. The van der Waals surface area contributed by atoms with Crippen molar-refractivity contribution in [2.75, 3.05) is 31.5 Å². The molecule has 8 nitrogen and oxygen atoms in total. The number of nitrogens with one attached hydrogen (secondary N) is 3. The van der Waals surface area contributed by atoms with Gasteiger partial charge in [-0.3, -0.25) is 19.7 Å². The number of benzene rings is 1. The number of likely N-dealkylation sites (tertiary alicyclic amines) is 1. The van der Waals surface area contributed by atoms with Crippen LogP contribution in [0.2, 0.25) is 0 Å². The number of para-hydroxylation sites is 1. The lowest BCUT2D eigenvalue weighted by molar-refractivity contribution is 0.0937. The van der Waals surface area contributed by atoms with Crippen molar-refractivity contribution in [1.82, 2.24) is 25.5 Å². The maximum Gasteiger partial charge on any atom is 0.319 e. The van der Waals surface area contributed by atoms with E-state index >= 15 is 0 Å². The molecule has 1 saturated heterocycles. The van der Waals surface area contributed by atoms with E-state index in [1.165, 1.54) is 0 Å². The summed E-state index contributed by atoms with van der Waals surface area (Å²) in [4.78, 5) is 35.4. The molecule has 0 radical (unpaired) electrons. The van der Waals surface area contributed by atoms with Crippen LogP contribution in [0.15, 0.2) is 54.9 Å². The summed E-state index contributed by atoms with van der Waals surface area (Å²) < 4.78 is 0. The summed E-state index contributed by atoms with van der Waals surface area (Å²) in [5.74, 6) is -0.0997. The topological polar surface area (TPSA) is 99.2 Å². The van der Waals surface area contributed by atoms with Crippen LogP contribution < -0.4 is 16.0 Å². The highest BCUT2D eigenvalue weighted by atomic mass is 16.2. The molecule has 3 amide bonds. The molecule has 4 rings (SSSR count). The standard InChI is InChI=1S/C23H26N6O2/c1-16-13-21(19-6-2-3-7-20(19)26-16)28-23(31)25-10-12-29-11-8-18(15-29)27-22(30)17-5-4-9-24-14-17/h2-7,9,13-14,18H,8,10-12,15H2,1H3,(H,27,30)(H2,25,26,28,31). The third-order valence-corrected chi connectivity index (χ3v) is 5.34. The molecule has 31 heavy (non-hydrogen) atoms. The molecule has 0 bridgehead atoms. The minimum absolute atomic E-state index is 0.0997. The van der Waals surface area contributed by atoms with Crippen LogP contribution in [0.3, 0.4) is 0 Å². The van der Waals surface area contributed by atoms with Crippen molar-refractivity contribution in [1.29, 1.82) is 0 Å². The van der Waals surface area contributed by atoms with E-state index in [1.54, 1.807) is 24.5 Å². The van der Waals surface area contributed by atoms with Crippen LogP contribution in [0.25, 0.3) is 10.9 Å². The Hall–Kier alpha value is -3.52. The molecule has 1 unspecified atom stereocenters. The molecule has 3 aromatic rings. The van der Waals surface area contributed by atoms with Crippen molar-refractivity contribution >= 4 is 28.5 Å². The number of amides is 3. The summed E-state index contributed by atoms with van der Waals surface area (Å²) in [5.41, 5.74) is 3.03. The first-order valence-electron chi connectivity index (χ1n) is 10.4. The molecule has 2 aromatic heterocycles. The first kappa shape index (κ1) is 20.7. The fourth-order valence-corrected chi connectivity index (χ4v) is 3.82. The summed E-state index contributed by atoms with van der Waals surface area (Å²) in [5, 5.41) is 9.81. The predicted molar refractivity (Wildman–Crippen MR) is 120 cm³/mol. The Morgan fingerprint density at radius 1 is 1.19 bits per heavy atom. The Kier molecular flexibility index (Phi) is 6.37. The van der Waals surface area contributed by atoms with Gasteiger partial charge in [-0.25, -0.2) is 4.79 Å². The highest BCUT2D eigenvalue weighted by Gasteiger charge is 2.24. The van der Waals surface area contributed by atoms with Gasteiger partial charge in [-0.1, -0.05) is 18.2 Å². The zero-order valence-electron chi connectivity index (χ0n) is 17.5. The summed E-state index contributed by atoms with van der Waals surface area (Å²) in [7, 11) is 0. The first-order chi connectivity index (χ1) is 15.1. The van der Waals surface area contributed by atoms with Crippen LogP contribution in [-0.4, -0.2) is 59.0 Å². The number of rotatable bonds is 6. The lowest BCUT2D eigenvalue weighted by atomic mass is 10.1. The maximum absolute atomic E-state index is 12.4. The summed E-state index contributed by atoms with van der Waals surface area (Å²) in [6, 6.07) is 13.0. The van der Waals surface area contributed by atoms with Crippen LogP contribution in [0.1, 0.15) is 22.5 Å². The number of anilines is 1. The number of hydrogen-bond acceptors (Lipinski definition) is 5. The molecule has 1 atom stereocenters. The van der Waals surface area contributed by atoms with E-state index in [1.807, 2.05) is 37.3 Å². The van der Waals surface area contributed by atoms with Gasteiger partial charge in [-0.15, -0.1) is 0 Å². The van der Waals surface area contributed by atoms with Gasteiger partial charge in [-0.2, -0.15) is 0 Å². The van der Waals surface area contributed by atoms with E-state index in [2.05, 4.69) is 30.8 Å². The fourth-order valence-electron chi connectivity index (χ4n) is 3.82. The van der Waals surface area contributed by atoms with Crippen molar-refractivity contribution in [3.63, 3.8) is 0 Å². The van der Waals surface area contributed by atoms with Gasteiger partial charge >= 0.3 is 6.03 Å². The Bertz CT molecular complexity index is 1070. The molecule has 1 aliphatic heterocycles. The highest BCUT2D eigenvalue weighted by Crippen LogP contribution is 2.22. The summed E-state index contributed by atoms with van der Waals surface area (Å²) >= 11 is 0. The molecule has 0 saturated carbocycles. The minimum atomic E-state index is -0.239. The third-order valence-electron chi connectivity index (χ3n) is 5.34. The smallest absolute Gasteiger partial charge is 0.319 e. The minimum Gasteiger partial charge on any atom is -0.348 e. The molecule has 3 heterocycles. The summed E-state index contributed by atoms with van der Waals surface area (Å²) in [6.45, 7) is 4.81. The van der Waals surface area contributed by atoms with E-state index in [0.29, 0.717) is 12.1 Å². The van der Waals surface area contributed by atoms with Crippen molar-refractivity contribution in [3.8, 4) is 0 Å². The molecule has 0 spiro atoms. The molecule has 8 heteroatoms. The van der Waals surface area contributed by atoms with Crippen molar-refractivity contribution in [2.45, 2.75) is 19.4 Å². The number of nitrogens with zero attached hydrogens (tertiary/aromatic N) is 3. The van der Waals surface area contributed by atoms with Gasteiger partial charge in [0.15, 0.2) is 0 Å². The zero-order chi connectivity index (χ0) is 21.6. The normalized spacial score (nSPS) is 16.2. The number of hydrogen-bond donors (Lipinski definition) is 3. The molecule has 1 fully saturated rings. The lowest BCUT2D eigenvalue weighted by Gasteiger charge is -2.17. The van der Waals surface area contributed by atoms with Crippen molar-refractivity contribution < 1.29 is 9.59 Å². The molecule has 0 aliphatic carbocycles. The number of pyridine rings is 2. The van der Waals surface area contributed by atoms with Crippen LogP contribution in [0.4, 0.5) is 10.5 Å². The number of fused-ring (bicyclic) bond motifs is 1. The Morgan fingerprint density at radius 3 is 2.90 bits per heavy atom. The highest BCUT2D eigenvalue weighted by molar-refractivity contribution is 6.00. The Labute approximate surface area is 181 Å². The van der Waals surface area contributed by atoms with Crippen LogP contribution >= 0.6 is 0 Å². The molecule has 160 valence electrons. The van der Waals surface area contributed by atoms with Gasteiger partial charge in [0.25, 0.3) is 5.91 Å². The largest absolute Gasteiger partial charge is 0.348 e. The molecule has 3 N–H and O–H groups in total. The quantitative estimate of drug-likeness (QED) is 0.571. The van der Waals surface area contributed by atoms with Crippen LogP contribution in [0, 0.1) is 6.92 Å². The fraction of sp³-hybridized carbons (Fsp3) is 0.304. The number of aromatic nitrogens is 2. The third kappa shape index (κ3) is 5.35. The van der Waals surface area contributed by atoms with Crippen molar-refractivity contribution in [2.24, 2.45) is 0 Å². The predicted octanol–water partition coefficient (Wildman–Crippen LogP) is 2.56. The average molecular weight is 419 g/mol. The molecule has 1 aromatic carbocycles. The van der Waals surface area contributed by atoms with E-state index in [0.717, 1.165) is 48.3 Å². The average Bonchev–Trinajstić information content (AvgIpc) is 3.21. The second-order valence-electron chi connectivity index (χ2n) is 7.71. The summed E-state index contributed by atoms with van der Waals surface area (Å²) in [6.07, 6.45) is 4.11. The number of carbonyl (C=O) groups excluding carboxylic acids is 2. The van der Waals surface area contributed by atoms with Gasteiger partial charge in [-0.05, 0) is 37.6 Å². The lowest BCUT2D eigenvalue weighted by Crippen LogP contribution is -2.39. The SMILES string of the molecule is Cc1cc(NC(=O)NCCN2CCC(NC(=O)c3cccnc3)C2)c2ccccc2n1. The van der Waals surface area contributed by atoms with E-state index < -0.39 is 0 Å². The molecular weight excluding hydrogens is 392 g/mol. The van der Waals surface area contributed by atoms with Gasteiger partial charge in [0.05, 0.1) is 16.8 Å². The molecular formula is C23H26N6O2. The maximum atomic E-state index is 12.4. The van der Waals surface area contributed by atoms with E-state index in [9.17, 15) is 9.59 Å². The van der Waals surface area contributed by atoms with Crippen LogP contribution in [-0.2, 0) is 0 Å². The molecule has 1 aliphatic rings. The second-order valence-corrected chi connectivity index (χ2v) is 7.71. The number of urea groups is 1. The Morgan fingerprint density at radius 2 is 2.06 bits per heavy atom. The van der Waals surface area contributed by atoms with Gasteiger partial charge < -0.3 is 16.0 Å². The Balaban J connectivity index is 1.22. The number of carbonyl (C=O) groups is 2. The van der Waals surface area contributed by atoms with Crippen molar-refractivity contribution in [3.05, 3.63) is 66.1 Å².